The monoisotopic (exact) mass is 478 g/mol. The first-order valence-electron chi connectivity index (χ1n) is 12.1. The molecule has 1 aromatic rings. The van der Waals surface area contributed by atoms with Crippen LogP contribution in [0, 0.1) is 0 Å². The Morgan fingerprint density at radius 2 is 1.62 bits per heavy atom. The van der Waals surface area contributed by atoms with Crippen LogP contribution in [-0.2, 0) is 23.9 Å². The minimum absolute atomic E-state index is 0.000364. The van der Waals surface area contributed by atoms with E-state index in [-0.39, 0.29) is 30.7 Å². The van der Waals surface area contributed by atoms with Gasteiger partial charge in [-0.3, -0.25) is 14.4 Å². The molecule has 1 aromatic carbocycles. The number of phenols is 1. The number of nitrogens with one attached hydrogen (secondary N) is 2. The fraction of sp³-hybridized carbons (Fsp3) is 0.600. The van der Waals surface area contributed by atoms with Crippen molar-refractivity contribution >= 4 is 29.9 Å². The average molecular weight is 479 g/mol. The zero-order valence-electron chi connectivity index (χ0n) is 20.3. The number of anilines is 1. The average Bonchev–Trinajstić information content (AvgIpc) is 2.82. The molecule has 0 aromatic heterocycles. The van der Waals surface area contributed by atoms with Crippen molar-refractivity contribution in [2.24, 2.45) is 0 Å². The minimum atomic E-state index is -1.09. The van der Waals surface area contributed by atoms with Gasteiger partial charge in [0.05, 0.1) is 24.5 Å². The van der Waals surface area contributed by atoms with E-state index in [4.69, 9.17) is 9.47 Å². The summed E-state index contributed by atoms with van der Waals surface area (Å²) in [4.78, 5) is 48.2. The third kappa shape index (κ3) is 11.2. The van der Waals surface area contributed by atoms with Gasteiger partial charge in [-0.1, -0.05) is 58.4 Å². The summed E-state index contributed by atoms with van der Waals surface area (Å²) in [7, 11) is 0. The van der Waals surface area contributed by atoms with Crippen LogP contribution in [0.4, 0.5) is 5.69 Å². The SMILES string of the molecule is CCCCCCOC(=O)CC[C@H](NC(=O)c1cccc(NC=O)c1O)C(=O)OCCCCCC. The van der Waals surface area contributed by atoms with Gasteiger partial charge in [0.15, 0.2) is 5.75 Å². The molecule has 0 aliphatic heterocycles. The Bertz CT molecular complexity index is 783. The van der Waals surface area contributed by atoms with Crippen LogP contribution in [0.1, 0.15) is 88.4 Å². The normalized spacial score (nSPS) is 11.4. The molecule has 34 heavy (non-hydrogen) atoms. The fourth-order valence-electron chi connectivity index (χ4n) is 3.24. The van der Waals surface area contributed by atoms with Crippen LogP contribution in [0.2, 0.25) is 0 Å². The maximum absolute atomic E-state index is 12.8. The molecular formula is C25H38N2O7. The van der Waals surface area contributed by atoms with Gasteiger partial charge < -0.3 is 25.2 Å². The summed E-state index contributed by atoms with van der Waals surface area (Å²) in [5.41, 5.74) is -0.0598. The lowest BCUT2D eigenvalue weighted by Crippen LogP contribution is -2.42. The second-order valence-corrected chi connectivity index (χ2v) is 8.04. The molecule has 0 heterocycles. The molecule has 0 unspecified atom stereocenters. The van der Waals surface area contributed by atoms with E-state index in [1.165, 1.54) is 18.2 Å². The van der Waals surface area contributed by atoms with E-state index in [1.54, 1.807) is 0 Å². The van der Waals surface area contributed by atoms with E-state index in [1.807, 2.05) is 0 Å². The molecular weight excluding hydrogens is 440 g/mol. The predicted molar refractivity (Wildman–Crippen MR) is 128 cm³/mol. The molecule has 0 saturated heterocycles. The van der Waals surface area contributed by atoms with Crippen LogP contribution in [0.5, 0.6) is 5.75 Å². The number of unbranched alkanes of at least 4 members (excludes halogenated alkanes) is 6. The van der Waals surface area contributed by atoms with Crippen molar-refractivity contribution < 1.29 is 33.8 Å². The molecule has 190 valence electrons. The Hall–Kier alpha value is -3.10. The summed E-state index contributed by atoms with van der Waals surface area (Å²) in [6.07, 6.45) is 7.95. The largest absolute Gasteiger partial charge is 0.505 e. The smallest absolute Gasteiger partial charge is 0.328 e. The molecule has 1 atom stereocenters. The highest BCUT2D eigenvalue weighted by Crippen LogP contribution is 2.27. The molecule has 3 N–H and O–H groups in total. The molecule has 9 heteroatoms. The number of hydrogen-bond acceptors (Lipinski definition) is 7. The van der Waals surface area contributed by atoms with Crippen LogP contribution < -0.4 is 10.6 Å². The summed E-state index contributed by atoms with van der Waals surface area (Å²) >= 11 is 0. The van der Waals surface area contributed by atoms with E-state index in [9.17, 15) is 24.3 Å². The highest BCUT2D eigenvalue weighted by molar-refractivity contribution is 6.01. The van der Waals surface area contributed by atoms with Crippen molar-refractivity contribution in [1.82, 2.24) is 5.32 Å². The predicted octanol–water partition coefficient (Wildman–Crippen LogP) is 4.09. The van der Waals surface area contributed by atoms with Crippen molar-refractivity contribution in [2.75, 3.05) is 18.5 Å². The molecule has 0 fully saturated rings. The van der Waals surface area contributed by atoms with Gasteiger partial charge in [-0.05, 0) is 31.4 Å². The second kappa shape index (κ2) is 17.4. The standard InChI is InChI=1S/C25H38N2O7/c1-3-5-7-9-16-33-22(29)15-14-21(25(32)34-17-10-8-6-4-2)27-24(31)19-12-11-13-20(23(19)30)26-18-28/h11-13,18,21,30H,3-10,14-17H2,1-2H3,(H,26,28)(H,27,31)/t21-/m0/s1. The van der Waals surface area contributed by atoms with Crippen LogP contribution >= 0.6 is 0 Å². The fourth-order valence-corrected chi connectivity index (χ4v) is 3.24. The summed E-state index contributed by atoms with van der Waals surface area (Å²) in [6, 6.07) is 3.18. The van der Waals surface area contributed by atoms with Gasteiger partial charge in [-0.25, -0.2) is 4.79 Å². The number of benzene rings is 1. The molecule has 0 spiro atoms. The van der Waals surface area contributed by atoms with Gasteiger partial charge in [0.1, 0.15) is 6.04 Å². The van der Waals surface area contributed by atoms with Crippen LogP contribution in [0.25, 0.3) is 0 Å². The molecule has 1 rings (SSSR count). The Morgan fingerprint density at radius 3 is 2.24 bits per heavy atom. The van der Waals surface area contributed by atoms with E-state index < -0.39 is 29.6 Å². The second-order valence-electron chi connectivity index (χ2n) is 8.04. The van der Waals surface area contributed by atoms with Crippen molar-refractivity contribution in [2.45, 2.75) is 84.1 Å². The lowest BCUT2D eigenvalue weighted by atomic mass is 10.1. The highest BCUT2D eigenvalue weighted by atomic mass is 16.5. The van der Waals surface area contributed by atoms with Crippen LogP contribution in [0.15, 0.2) is 18.2 Å². The van der Waals surface area contributed by atoms with Gasteiger partial charge >= 0.3 is 11.9 Å². The van der Waals surface area contributed by atoms with Crippen molar-refractivity contribution in [3.63, 3.8) is 0 Å². The number of esters is 2. The maximum atomic E-state index is 12.8. The number of carbonyl (C=O) groups excluding carboxylic acids is 4. The molecule has 9 nitrogen and oxygen atoms in total. The molecule has 0 radical (unpaired) electrons. The Balaban J connectivity index is 2.75. The number of aromatic hydroxyl groups is 1. The molecule has 0 aliphatic carbocycles. The van der Waals surface area contributed by atoms with E-state index >= 15 is 0 Å². The summed E-state index contributed by atoms with van der Waals surface area (Å²) in [5.74, 6) is -2.26. The zero-order valence-corrected chi connectivity index (χ0v) is 20.3. The summed E-state index contributed by atoms with van der Waals surface area (Å²) < 4.78 is 10.5. The first kappa shape index (κ1) is 28.9. The van der Waals surface area contributed by atoms with Crippen molar-refractivity contribution in [3.8, 4) is 5.75 Å². The zero-order chi connectivity index (χ0) is 25.2. The van der Waals surface area contributed by atoms with Gasteiger partial charge in [-0.2, -0.15) is 0 Å². The molecule has 0 saturated carbocycles. The number of amides is 2. The summed E-state index contributed by atoms with van der Waals surface area (Å²) in [5, 5.41) is 15.1. The maximum Gasteiger partial charge on any atom is 0.328 e. The Morgan fingerprint density at radius 1 is 0.971 bits per heavy atom. The molecule has 0 aliphatic rings. The van der Waals surface area contributed by atoms with E-state index in [0.29, 0.717) is 19.4 Å². The van der Waals surface area contributed by atoms with Crippen molar-refractivity contribution in [3.05, 3.63) is 23.8 Å². The van der Waals surface area contributed by atoms with E-state index in [2.05, 4.69) is 24.5 Å². The van der Waals surface area contributed by atoms with Gasteiger partial charge in [-0.15, -0.1) is 0 Å². The third-order valence-electron chi connectivity index (χ3n) is 5.23. The van der Waals surface area contributed by atoms with Crippen LogP contribution in [-0.4, -0.2) is 48.6 Å². The van der Waals surface area contributed by atoms with Gasteiger partial charge in [0, 0.05) is 6.42 Å². The number of rotatable bonds is 18. The lowest BCUT2D eigenvalue weighted by Gasteiger charge is -2.18. The molecule has 2 amide bonds. The van der Waals surface area contributed by atoms with Gasteiger partial charge in [0.25, 0.3) is 5.91 Å². The number of phenolic OH excluding ortho intramolecular Hbond substituents is 1. The number of hydrogen-bond donors (Lipinski definition) is 3. The van der Waals surface area contributed by atoms with E-state index in [0.717, 1.165) is 44.9 Å². The topological polar surface area (TPSA) is 131 Å². The number of para-hydroxylation sites is 1. The van der Waals surface area contributed by atoms with Crippen LogP contribution in [0.3, 0.4) is 0 Å². The minimum Gasteiger partial charge on any atom is -0.505 e. The quantitative estimate of drug-likeness (QED) is 0.125. The third-order valence-corrected chi connectivity index (χ3v) is 5.23. The first-order chi connectivity index (χ1) is 16.4. The number of ether oxygens (including phenoxy) is 2. The van der Waals surface area contributed by atoms with Gasteiger partial charge in [0.2, 0.25) is 6.41 Å². The summed E-state index contributed by atoms with van der Waals surface area (Å²) in [6.45, 7) is 4.72. The first-order valence-corrected chi connectivity index (χ1v) is 12.1. The Labute approximate surface area is 201 Å². The highest BCUT2D eigenvalue weighted by Gasteiger charge is 2.25. The van der Waals surface area contributed by atoms with Crippen molar-refractivity contribution in [1.29, 1.82) is 0 Å². The number of carbonyl (C=O) groups is 4. The lowest BCUT2D eigenvalue weighted by molar-refractivity contribution is -0.147. The molecule has 0 bridgehead atoms. The Kier molecular flexibility index (Phi) is 14.8.